The van der Waals surface area contributed by atoms with Gasteiger partial charge in [0.1, 0.15) is 17.1 Å². The van der Waals surface area contributed by atoms with Crippen LogP contribution in [0.5, 0.6) is 0 Å². The fourth-order valence-electron chi connectivity index (χ4n) is 4.55. The van der Waals surface area contributed by atoms with Crippen LogP contribution < -0.4 is 11.1 Å². The van der Waals surface area contributed by atoms with Gasteiger partial charge in [0.05, 0.1) is 18.7 Å². The summed E-state index contributed by atoms with van der Waals surface area (Å²) in [6.45, 7) is 5.09. The maximum Gasteiger partial charge on any atom is 0.358 e. The number of carbonyl (C=O) groups is 4. The summed E-state index contributed by atoms with van der Waals surface area (Å²) in [5, 5.41) is 16.8. The first kappa shape index (κ1) is 34.6. The summed E-state index contributed by atoms with van der Waals surface area (Å²) in [4.78, 5) is 59.7. The van der Waals surface area contributed by atoms with E-state index in [0.717, 1.165) is 19.4 Å². The molecule has 0 aromatic carbocycles. The van der Waals surface area contributed by atoms with Gasteiger partial charge in [0.15, 0.2) is 5.13 Å². The van der Waals surface area contributed by atoms with Crippen LogP contribution in [0.25, 0.3) is 0 Å². The van der Waals surface area contributed by atoms with Crippen LogP contribution in [0.3, 0.4) is 0 Å². The number of nitrogens with zero attached hydrogens (tertiary/aromatic N) is 7. The monoisotopic (exact) mass is 681 g/mol. The highest BCUT2D eigenvalue weighted by atomic mass is 32.2. The lowest BCUT2D eigenvalue weighted by Gasteiger charge is -2.49. The number of anilines is 1. The third-order valence-electron chi connectivity index (χ3n) is 6.92. The van der Waals surface area contributed by atoms with Gasteiger partial charge < -0.3 is 25.4 Å². The number of esters is 2. The van der Waals surface area contributed by atoms with Gasteiger partial charge in [0, 0.05) is 36.3 Å². The molecule has 0 aliphatic carbocycles. The molecule has 0 saturated carbocycles. The van der Waals surface area contributed by atoms with Crippen LogP contribution in [-0.2, 0) is 41.6 Å². The highest BCUT2D eigenvalue weighted by Gasteiger charge is 2.54. The Hall–Kier alpha value is -3.22. The van der Waals surface area contributed by atoms with E-state index >= 15 is 0 Å². The van der Waals surface area contributed by atoms with Crippen molar-refractivity contribution < 1.29 is 28.7 Å². The number of tetrazole rings is 1. The van der Waals surface area contributed by atoms with E-state index in [9.17, 15) is 19.2 Å². The van der Waals surface area contributed by atoms with Crippen LogP contribution in [0, 0.1) is 0 Å². The maximum absolute atomic E-state index is 13.7. The molecule has 2 aliphatic rings. The van der Waals surface area contributed by atoms with Crippen LogP contribution in [-0.4, -0.2) is 109 Å². The van der Waals surface area contributed by atoms with E-state index in [-0.39, 0.29) is 30.9 Å². The van der Waals surface area contributed by atoms with Crippen molar-refractivity contribution >= 4 is 63.7 Å². The van der Waals surface area contributed by atoms with Crippen molar-refractivity contribution in [2.24, 2.45) is 0 Å². The minimum atomic E-state index is -1.10. The van der Waals surface area contributed by atoms with E-state index in [1.165, 1.54) is 39.8 Å². The molecule has 2 aromatic rings. The topological polar surface area (TPSA) is 188 Å². The number of nitrogens with one attached hydrogen (secondary N) is 1. The molecule has 3 atom stereocenters. The molecule has 1 fully saturated rings. The molecule has 3 N–H and O–H groups in total. The molecule has 0 spiro atoms. The zero-order chi connectivity index (χ0) is 32.5. The number of hydrogen-bond donors (Lipinski definition) is 2. The number of ether oxygens (including phenoxy) is 2. The third-order valence-corrected chi connectivity index (χ3v) is 10.0. The minimum absolute atomic E-state index is 0.0220. The molecule has 45 heavy (non-hydrogen) atoms. The van der Waals surface area contributed by atoms with E-state index in [2.05, 4.69) is 25.8 Å². The summed E-state index contributed by atoms with van der Waals surface area (Å²) >= 11 is 4.01. The van der Waals surface area contributed by atoms with Crippen LogP contribution in [0.15, 0.2) is 21.8 Å². The largest absolute Gasteiger partial charge is 0.425 e. The van der Waals surface area contributed by atoms with Crippen molar-refractivity contribution in [2.45, 2.75) is 81.8 Å². The molecule has 18 heteroatoms. The highest BCUT2D eigenvalue weighted by Crippen LogP contribution is 2.42. The maximum atomic E-state index is 13.7. The lowest BCUT2D eigenvalue weighted by Crippen LogP contribution is -2.70. The zero-order valence-corrected chi connectivity index (χ0v) is 28.2. The number of likely N-dealkylation sites (N-methyl/N-ethyl adjacent to an activating group) is 1. The Morgan fingerprint density at radius 2 is 2.04 bits per heavy atom. The van der Waals surface area contributed by atoms with E-state index in [0.29, 0.717) is 46.0 Å². The molecule has 4 rings (SSSR count). The van der Waals surface area contributed by atoms with Gasteiger partial charge in [-0.15, -0.1) is 28.2 Å². The minimum Gasteiger partial charge on any atom is -0.425 e. The van der Waals surface area contributed by atoms with Gasteiger partial charge in [-0.05, 0) is 36.5 Å². The lowest BCUT2D eigenvalue weighted by atomic mass is 10.0. The molecule has 1 unspecified atom stereocenters. The fraction of sp³-hybridized carbons (Fsp3) is 0.630. The lowest BCUT2D eigenvalue weighted by molar-refractivity contribution is -0.188. The van der Waals surface area contributed by atoms with Crippen LogP contribution >= 0.6 is 34.9 Å². The summed E-state index contributed by atoms with van der Waals surface area (Å²) < 4.78 is 12.8. The van der Waals surface area contributed by atoms with Gasteiger partial charge >= 0.3 is 11.9 Å². The summed E-state index contributed by atoms with van der Waals surface area (Å²) in [5.41, 5.74) is 6.91. The van der Waals surface area contributed by atoms with Gasteiger partial charge in [-0.2, -0.15) is 0 Å². The Morgan fingerprint density at radius 3 is 2.73 bits per heavy atom. The number of β-lactam (4-membered cyclic amide) rings is 1. The molecule has 2 aliphatic heterocycles. The van der Waals surface area contributed by atoms with E-state index in [4.69, 9.17) is 15.2 Å². The number of aromatic nitrogens is 5. The number of nitrogen functional groups attached to an aromatic ring is 1. The quantitative estimate of drug-likeness (QED) is 0.0807. The number of thiazole rings is 1. The van der Waals surface area contributed by atoms with Crippen LogP contribution in [0.2, 0.25) is 0 Å². The van der Waals surface area contributed by atoms with Gasteiger partial charge in [-0.1, -0.05) is 38.5 Å². The zero-order valence-electron chi connectivity index (χ0n) is 25.8. The fourth-order valence-corrected chi connectivity index (χ4v) is 7.50. The van der Waals surface area contributed by atoms with E-state index in [1.807, 2.05) is 25.9 Å². The Morgan fingerprint density at radius 1 is 1.24 bits per heavy atom. The van der Waals surface area contributed by atoms with Crippen LogP contribution in [0.1, 0.15) is 51.6 Å². The van der Waals surface area contributed by atoms with E-state index in [1.54, 1.807) is 17.0 Å². The number of unbranched alkanes of at least 4 members (excludes halogenated alkanes) is 2. The standard InChI is InChI=1S/C27H39N9O6S3/c1-5-7-8-9-19(38)41-20(6-2)42-25(40)22-16(14-45-27-31-32-33-35(27)11-10-34(3)4)13-43-24-21(23(39)36(22)24)30-18(37)12-17-15-44-26(28)29-17/h15,20-21,24H,5-14H2,1-4H3,(H2,28,29)(H,30,37)/t20?,21-,24+/m1/s1. The predicted octanol–water partition coefficient (Wildman–Crippen LogP) is 1.67. The Bertz CT molecular complexity index is 1400. The van der Waals surface area contributed by atoms with Crippen molar-refractivity contribution in [1.82, 2.24) is 40.3 Å². The Kier molecular flexibility index (Phi) is 12.6. The second kappa shape index (κ2) is 16.4. The highest BCUT2D eigenvalue weighted by molar-refractivity contribution is 8.01. The van der Waals surface area contributed by atoms with Gasteiger partial charge in [-0.25, -0.2) is 14.5 Å². The van der Waals surface area contributed by atoms with Gasteiger partial charge in [0.2, 0.25) is 17.4 Å². The first-order valence-corrected chi connectivity index (χ1v) is 17.6. The molecule has 2 amide bonds. The smallest absolute Gasteiger partial charge is 0.358 e. The molecule has 1 saturated heterocycles. The number of carbonyl (C=O) groups excluding carboxylic acids is 4. The normalized spacial score (nSPS) is 18.4. The van der Waals surface area contributed by atoms with Crippen molar-refractivity contribution in [3.05, 3.63) is 22.3 Å². The third kappa shape index (κ3) is 9.17. The van der Waals surface area contributed by atoms with Crippen LogP contribution in [0.4, 0.5) is 5.13 Å². The molecule has 0 bridgehead atoms. The SMILES string of the molecule is CCCCCC(=O)OC(CC)OC(=O)C1=C(CSc2nnnn2CCN(C)C)CS[C@H]2[C@H](NC(=O)Cc3csc(N)n3)C(=O)N12. The second-order valence-electron chi connectivity index (χ2n) is 10.7. The molecular formula is C27H39N9O6S3. The van der Waals surface area contributed by atoms with E-state index < -0.39 is 35.6 Å². The number of rotatable bonds is 17. The van der Waals surface area contributed by atoms with Crippen molar-refractivity contribution in [1.29, 1.82) is 0 Å². The first-order chi connectivity index (χ1) is 21.6. The Labute approximate surface area is 274 Å². The number of fused-ring (bicyclic) bond motifs is 1. The number of nitrogens with two attached hydrogens (primary N) is 1. The molecule has 4 heterocycles. The average Bonchev–Trinajstić information content (AvgIpc) is 3.64. The summed E-state index contributed by atoms with van der Waals surface area (Å²) in [5.74, 6) is -1.32. The summed E-state index contributed by atoms with van der Waals surface area (Å²) in [6, 6.07) is -0.827. The summed E-state index contributed by atoms with van der Waals surface area (Å²) in [7, 11) is 3.91. The molecule has 2 aromatic heterocycles. The molecule has 0 radical (unpaired) electrons. The number of hydrogen-bond acceptors (Lipinski definition) is 15. The average molecular weight is 682 g/mol. The van der Waals surface area contributed by atoms with Gasteiger partial charge in [0.25, 0.3) is 5.91 Å². The molecular weight excluding hydrogens is 643 g/mol. The first-order valence-electron chi connectivity index (χ1n) is 14.7. The second-order valence-corrected chi connectivity index (χ2v) is 13.7. The summed E-state index contributed by atoms with van der Waals surface area (Å²) in [6.07, 6.45) is 1.89. The number of amides is 2. The Balaban J connectivity index is 1.50. The number of thioether (sulfide) groups is 2. The van der Waals surface area contributed by atoms with Crippen molar-refractivity contribution in [2.75, 3.05) is 37.9 Å². The van der Waals surface area contributed by atoms with Crippen molar-refractivity contribution in [3.8, 4) is 0 Å². The predicted molar refractivity (Wildman–Crippen MR) is 170 cm³/mol. The molecule has 15 nitrogen and oxygen atoms in total. The van der Waals surface area contributed by atoms with Crippen molar-refractivity contribution in [3.63, 3.8) is 0 Å². The van der Waals surface area contributed by atoms with Gasteiger partial charge in [-0.3, -0.25) is 19.3 Å². The molecule has 246 valence electrons.